The van der Waals surface area contributed by atoms with Crippen LogP contribution in [0.3, 0.4) is 0 Å². The topological polar surface area (TPSA) is 95.6 Å². The van der Waals surface area contributed by atoms with Gasteiger partial charge in [0.05, 0.1) is 12.3 Å². The molecule has 2 N–H and O–H groups in total. The number of hydrogen-bond acceptors (Lipinski definition) is 5. The Morgan fingerprint density at radius 3 is 2.75 bits per heavy atom. The van der Waals surface area contributed by atoms with Crippen LogP contribution in [-0.2, 0) is 22.6 Å². The molecular weight excluding hydrogens is 378 g/mol. The fourth-order valence-electron chi connectivity index (χ4n) is 3.19. The SMILES string of the molecule is O=C1CCc2cc(NC(=O)c3cccc(CN4C(=O)CSC4=O)c3)ccc2N1. The summed E-state index contributed by atoms with van der Waals surface area (Å²) in [5, 5.41) is 5.40. The summed E-state index contributed by atoms with van der Waals surface area (Å²) in [4.78, 5) is 48.8. The van der Waals surface area contributed by atoms with E-state index >= 15 is 0 Å². The molecule has 1 saturated heterocycles. The Morgan fingerprint density at radius 2 is 1.96 bits per heavy atom. The van der Waals surface area contributed by atoms with Crippen molar-refractivity contribution in [2.45, 2.75) is 19.4 Å². The number of fused-ring (bicyclic) bond motifs is 1. The first kappa shape index (κ1) is 18.2. The maximum absolute atomic E-state index is 12.6. The molecule has 0 aromatic heterocycles. The van der Waals surface area contributed by atoms with Crippen LogP contribution in [0.1, 0.15) is 27.9 Å². The number of rotatable bonds is 4. The first-order valence-corrected chi connectivity index (χ1v) is 9.78. The van der Waals surface area contributed by atoms with Gasteiger partial charge in [-0.25, -0.2) is 0 Å². The molecule has 8 heteroatoms. The van der Waals surface area contributed by atoms with Crippen LogP contribution in [0.15, 0.2) is 42.5 Å². The number of nitrogens with zero attached hydrogens (tertiary/aromatic N) is 1. The zero-order chi connectivity index (χ0) is 19.7. The Morgan fingerprint density at radius 1 is 1.11 bits per heavy atom. The van der Waals surface area contributed by atoms with Gasteiger partial charge in [0.2, 0.25) is 11.8 Å². The van der Waals surface area contributed by atoms with Crippen LogP contribution in [0.25, 0.3) is 0 Å². The summed E-state index contributed by atoms with van der Waals surface area (Å²) >= 11 is 0.988. The van der Waals surface area contributed by atoms with E-state index in [0.717, 1.165) is 23.0 Å². The van der Waals surface area contributed by atoms with E-state index in [2.05, 4.69) is 10.6 Å². The van der Waals surface area contributed by atoms with E-state index in [0.29, 0.717) is 29.7 Å². The van der Waals surface area contributed by atoms with Crippen molar-refractivity contribution in [2.24, 2.45) is 0 Å². The van der Waals surface area contributed by atoms with Gasteiger partial charge in [0.1, 0.15) is 0 Å². The van der Waals surface area contributed by atoms with Crippen LogP contribution in [0.5, 0.6) is 0 Å². The summed E-state index contributed by atoms with van der Waals surface area (Å²) in [6.07, 6.45) is 1.06. The van der Waals surface area contributed by atoms with E-state index in [1.807, 2.05) is 6.07 Å². The van der Waals surface area contributed by atoms with Crippen LogP contribution in [0.4, 0.5) is 16.2 Å². The molecule has 0 atom stereocenters. The van der Waals surface area contributed by atoms with E-state index in [9.17, 15) is 19.2 Å². The monoisotopic (exact) mass is 395 g/mol. The lowest BCUT2D eigenvalue weighted by atomic mass is 10.0. The fourth-order valence-corrected chi connectivity index (χ4v) is 3.92. The quantitative estimate of drug-likeness (QED) is 0.830. The second-order valence-electron chi connectivity index (χ2n) is 6.61. The van der Waals surface area contributed by atoms with Crippen LogP contribution in [0.2, 0.25) is 0 Å². The zero-order valence-corrected chi connectivity index (χ0v) is 15.7. The molecule has 142 valence electrons. The number of imide groups is 1. The summed E-state index contributed by atoms with van der Waals surface area (Å²) < 4.78 is 0. The molecule has 2 heterocycles. The molecule has 0 unspecified atom stereocenters. The molecule has 2 aromatic carbocycles. The van der Waals surface area contributed by atoms with E-state index < -0.39 is 0 Å². The maximum Gasteiger partial charge on any atom is 0.289 e. The minimum atomic E-state index is -0.282. The second-order valence-corrected chi connectivity index (χ2v) is 7.54. The van der Waals surface area contributed by atoms with E-state index in [1.54, 1.807) is 36.4 Å². The lowest BCUT2D eigenvalue weighted by Gasteiger charge is -2.18. The average Bonchev–Trinajstić information content (AvgIpc) is 3.00. The van der Waals surface area contributed by atoms with Gasteiger partial charge in [-0.15, -0.1) is 0 Å². The van der Waals surface area contributed by atoms with Gasteiger partial charge in [-0.2, -0.15) is 0 Å². The summed E-state index contributed by atoms with van der Waals surface area (Å²) in [7, 11) is 0. The summed E-state index contributed by atoms with van der Waals surface area (Å²) in [5.41, 5.74) is 3.55. The van der Waals surface area contributed by atoms with E-state index in [1.165, 1.54) is 4.90 Å². The molecule has 28 heavy (non-hydrogen) atoms. The highest BCUT2D eigenvalue weighted by atomic mass is 32.2. The lowest BCUT2D eigenvalue weighted by molar-refractivity contribution is -0.125. The van der Waals surface area contributed by atoms with Crippen molar-refractivity contribution in [3.05, 3.63) is 59.2 Å². The standard InChI is InChI=1S/C20H17N3O4S/c24-17-7-4-13-9-15(5-6-16(13)22-17)21-19(26)14-3-1-2-12(8-14)10-23-18(25)11-28-20(23)27/h1-3,5-6,8-9H,4,7,10-11H2,(H,21,26)(H,22,24). The van der Waals surface area contributed by atoms with Gasteiger partial charge in [-0.1, -0.05) is 23.9 Å². The minimum absolute atomic E-state index is 0.00512. The predicted molar refractivity (Wildman–Crippen MR) is 106 cm³/mol. The van der Waals surface area contributed by atoms with E-state index in [-0.39, 0.29) is 35.3 Å². The van der Waals surface area contributed by atoms with Crippen LogP contribution >= 0.6 is 11.8 Å². The molecule has 4 amide bonds. The molecule has 0 bridgehead atoms. The molecule has 0 saturated carbocycles. The molecule has 0 spiro atoms. The zero-order valence-electron chi connectivity index (χ0n) is 14.9. The van der Waals surface area contributed by atoms with Gasteiger partial charge < -0.3 is 10.6 Å². The second kappa shape index (κ2) is 7.47. The van der Waals surface area contributed by atoms with E-state index in [4.69, 9.17) is 0 Å². The van der Waals surface area contributed by atoms with Crippen molar-refractivity contribution < 1.29 is 19.2 Å². The van der Waals surface area contributed by atoms with Crippen molar-refractivity contribution >= 4 is 46.1 Å². The van der Waals surface area contributed by atoms with Crippen molar-refractivity contribution in [3.8, 4) is 0 Å². The average molecular weight is 395 g/mol. The van der Waals surface area contributed by atoms with Crippen molar-refractivity contribution in [2.75, 3.05) is 16.4 Å². The number of aryl methyl sites for hydroxylation is 1. The first-order valence-electron chi connectivity index (χ1n) is 8.80. The lowest BCUT2D eigenvalue weighted by Crippen LogP contribution is -2.28. The molecule has 2 aliphatic heterocycles. The molecule has 0 radical (unpaired) electrons. The first-order chi connectivity index (χ1) is 13.5. The van der Waals surface area contributed by atoms with Gasteiger partial charge >= 0.3 is 0 Å². The highest BCUT2D eigenvalue weighted by molar-refractivity contribution is 8.14. The summed E-state index contributed by atoms with van der Waals surface area (Å²) in [5.74, 6) is -0.340. The Balaban J connectivity index is 1.47. The van der Waals surface area contributed by atoms with Gasteiger partial charge in [0.25, 0.3) is 11.1 Å². The number of thioether (sulfide) groups is 1. The van der Waals surface area contributed by atoms with Gasteiger partial charge in [-0.3, -0.25) is 24.1 Å². The summed E-state index contributed by atoms with van der Waals surface area (Å²) in [6, 6.07) is 12.2. The number of carbonyl (C=O) groups is 4. The minimum Gasteiger partial charge on any atom is -0.326 e. The maximum atomic E-state index is 12.6. The Kier molecular flexibility index (Phi) is 4.87. The summed E-state index contributed by atoms with van der Waals surface area (Å²) in [6.45, 7) is 0.157. The Hall–Kier alpha value is -3.13. The third kappa shape index (κ3) is 3.77. The number of nitrogens with one attached hydrogen (secondary N) is 2. The van der Waals surface area contributed by atoms with Gasteiger partial charge in [0, 0.05) is 23.4 Å². The molecule has 2 aromatic rings. The molecule has 0 aliphatic carbocycles. The largest absolute Gasteiger partial charge is 0.326 e. The predicted octanol–water partition coefficient (Wildman–Crippen LogP) is 3.02. The molecular formula is C20H17N3O4S. The number of amides is 4. The fraction of sp³-hybridized carbons (Fsp3) is 0.200. The molecule has 4 rings (SSSR count). The Bertz CT molecular complexity index is 989. The van der Waals surface area contributed by atoms with Crippen LogP contribution < -0.4 is 10.6 Å². The third-order valence-corrected chi connectivity index (χ3v) is 5.49. The number of benzene rings is 2. The highest BCUT2D eigenvalue weighted by Gasteiger charge is 2.29. The van der Waals surface area contributed by atoms with Crippen molar-refractivity contribution in [1.82, 2.24) is 4.90 Å². The highest BCUT2D eigenvalue weighted by Crippen LogP contribution is 2.26. The smallest absolute Gasteiger partial charge is 0.289 e. The van der Waals surface area contributed by atoms with Crippen molar-refractivity contribution in [3.63, 3.8) is 0 Å². The Labute approximate surface area is 165 Å². The molecule has 2 aliphatic rings. The van der Waals surface area contributed by atoms with Crippen molar-refractivity contribution in [1.29, 1.82) is 0 Å². The normalized spacial score (nSPS) is 16.0. The number of hydrogen-bond donors (Lipinski definition) is 2. The van der Waals surface area contributed by atoms with Crippen LogP contribution in [-0.4, -0.2) is 33.6 Å². The number of carbonyl (C=O) groups excluding carboxylic acids is 4. The number of anilines is 2. The third-order valence-electron chi connectivity index (χ3n) is 4.63. The molecule has 7 nitrogen and oxygen atoms in total. The van der Waals surface area contributed by atoms with Crippen LogP contribution in [0, 0.1) is 0 Å². The molecule has 1 fully saturated rings. The van der Waals surface area contributed by atoms with Gasteiger partial charge in [-0.05, 0) is 47.9 Å². The van der Waals surface area contributed by atoms with Gasteiger partial charge in [0.15, 0.2) is 0 Å².